The van der Waals surface area contributed by atoms with E-state index in [-0.39, 0.29) is 4.90 Å². The molecule has 1 aliphatic rings. The Morgan fingerprint density at radius 3 is 2.43 bits per heavy atom. The number of nitriles is 1. The highest BCUT2D eigenvalue weighted by atomic mass is 32.2. The molecule has 0 atom stereocenters. The molecule has 1 saturated carbocycles. The van der Waals surface area contributed by atoms with Crippen molar-refractivity contribution in [1.29, 1.82) is 5.26 Å². The Kier molecular flexibility index (Phi) is 4.09. The zero-order chi connectivity index (χ0) is 15.7. The quantitative estimate of drug-likeness (QED) is 0.855. The number of ether oxygens (including phenoxy) is 1. The molecule has 1 aromatic rings. The van der Waals surface area contributed by atoms with Gasteiger partial charge in [-0.05, 0) is 18.9 Å². The minimum Gasteiger partial charge on any atom is -0.388 e. The number of aromatic nitrogens is 1. The lowest BCUT2D eigenvalue weighted by Gasteiger charge is -2.13. The first kappa shape index (κ1) is 15.6. The van der Waals surface area contributed by atoms with Crippen LogP contribution >= 0.6 is 0 Å². The van der Waals surface area contributed by atoms with Crippen LogP contribution in [0.25, 0.3) is 0 Å². The van der Waals surface area contributed by atoms with Crippen molar-refractivity contribution < 1.29 is 26.3 Å². The molecular weight excluding hydrogens is 309 g/mol. The van der Waals surface area contributed by atoms with E-state index in [9.17, 15) is 21.6 Å². The summed E-state index contributed by atoms with van der Waals surface area (Å²) in [6.07, 6.45) is -2.45. The monoisotopic (exact) mass is 320 g/mol. The van der Waals surface area contributed by atoms with Crippen molar-refractivity contribution in [2.24, 2.45) is 0 Å². The van der Waals surface area contributed by atoms with Gasteiger partial charge >= 0.3 is 6.36 Å². The van der Waals surface area contributed by atoms with Crippen molar-refractivity contribution in [2.75, 3.05) is 0 Å². The van der Waals surface area contributed by atoms with Crippen LogP contribution in [-0.2, 0) is 9.84 Å². The van der Waals surface area contributed by atoms with Gasteiger partial charge in [-0.2, -0.15) is 5.26 Å². The molecule has 0 unspecified atom stereocenters. The fraction of sp³-hybridized carbons (Fsp3) is 0.500. The molecule has 114 valence electrons. The topological polar surface area (TPSA) is 80.0 Å². The molecule has 1 heterocycles. The van der Waals surface area contributed by atoms with E-state index >= 15 is 0 Å². The summed E-state index contributed by atoms with van der Waals surface area (Å²) in [4.78, 5) is 2.99. The molecule has 1 fully saturated rings. The van der Waals surface area contributed by atoms with Crippen molar-refractivity contribution in [3.05, 3.63) is 17.8 Å². The molecular formula is C12H11F3N2O3S. The number of rotatable bonds is 3. The van der Waals surface area contributed by atoms with Crippen LogP contribution in [0.3, 0.4) is 0 Å². The number of sulfone groups is 1. The summed E-state index contributed by atoms with van der Waals surface area (Å²) in [5, 5.41) is 8.32. The Balaban J connectivity index is 2.39. The fourth-order valence-corrected chi connectivity index (χ4v) is 4.22. The molecule has 1 aliphatic carbocycles. The normalized spacial score (nSPS) is 16.7. The third kappa shape index (κ3) is 3.44. The van der Waals surface area contributed by atoms with Crippen molar-refractivity contribution in [2.45, 2.75) is 42.2 Å². The van der Waals surface area contributed by atoms with Crippen LogP contribution in [0.2, 0.25) is 0 Å². The molecule has 2 rings (SSSR count). The summed E-state index contributed by atoms with van der Waals surface area (Å²) in [6, 6.07) is 3.26. The smallest absolute Gasteiger partial charge is 0.388 e. The van der Waals surface area contributed by atoms with Crippen molar-refractivity contribution >= 4 is 9.84 Å². The Bertz CT molecular complexity index is 674. The maximum absolute atomic E-state index is 12.4. The zero-order valence-electron chi connectivity index (χ0n) is 10.7. The average Bonchev–Trinajstić information content (AvgIpc) is 2.90. The Morgan fingerprint density at radius 2 is 1.90 bits per heavy atom. The van der Waals surface area contributed by atoms with Crippen molar-refractivity contribution in [3.8, 4) is 11.9 Å². The molecule has 5 nitrogen and oxygen atoms in total. The number of nitrogens with zero attached hydrogens (tertiary/aromatic N) is 2. The summed E-state index contributed by atoms with van der Waals surface area (Å²) < 4.78 is 64.6. The van der Waals surface area contributed by atoms with Crippen LogP contribution in [0.15, 0.2) is 17.0 Å². The van der Waals surface area contributed by atoms with Crippen molar-refractivity contribution in [3.63, 3.8) is 0 Å². The molecule has 0 bridgehead atoms. The fourth-order valence-electron chi connectivity index (χ4n) is 2.29. The highest BCUT2D eigenvalue weighted by Gasteiger charge is 2.35. The van der Waals surface area contributed by atoms with Crippen LogP contribution in [0.1, 0.15) is 31.4 Å². The van der Waals surface area contributed by atoms with Gasteiger partial charge in [-0.3, -0.25) is 0 Å². The van der Waals surface area contributed by atoms with E-state index < -0.39 is 33.0 Å². The minimum absolute atomic E-state index is 0.341. The molecule has 9 heteroatoms. The first-order valence-corrected chi connectivity index (χ1v) is 7.69. The van der Waals surface area contributed by atoms with Crippen molar-refractivity contribution in [1.82, 2.24) is 4.98 Å². The Hall–Kier alpha value is -1.82. The largest absolute Gasteiger partial charge is 0.574 e. The molecule has 0 aromatic carbocycles. The predicted molar refractivity (Wildman–Crippen MR) is 65.1 cm³/mol. The maximum atomic E-state index is 12.4. The first-order chi connectivity index (χ1) is 9.74. The average molecular weight is 320 g/mol. The van der Waals surface area contributed by atoms with Gasteiger partial charge in [0.25, 0.3) is 0 Å². The van der Waals surface area contributed by atoms with Gasteiger partial charge < -0.3 is 4.74 Å². The van der Waals surface area contributed by atoms with Gasteiger partial charge in [0.1, 0.15) is 11.0 Å². The molecule has 0 saturated heterocycles. The number of alkyl halides is 3. The molecule has 0 N–H and O–H groups in total. The molecule has 0 amide bonds. The summed E-state index contributed by atoms with van der Waals surface area (Å²) in [6.45, 7) is 0. The lowest BCUT2D eigenvalue weighted by molar-refractivity contribution is -0.276. The van der Waals surface area contributed by atoms with Gasteiger partial charge in [-0.1, -0.05) is 12.8 Å². The van der Waals surface area contributed by atoms with Gasteiger partial charge in [0.05, 0.1) is 5.25 Å². The first-order valence-electron chi connectivity index (χ1n) is 6.15. The van der Waals surface area contributed by atoms with Gasteiger partial charge in [0.2, 0.25) is 5.88 Å². The maximum Gasteiger partial charge on any atom is 0.574 e. The molecule has 21 heavy (non-hydrogen) atoms. The number of pyridine rings is 1. The lowest BCUT2D eigenvalue weighted by atomic mass is 10.3. The van der Waals surface area contributed by atoms with Gasteiger partial charge in [-0.25, -0.2) is 13.4 Å². The zero-order valence-corrected chi connectivity index (χ0v) is 11.5. The second-order valence-corrected chi connectivity index (χ2v) is 6.80. The molecule has 0 radical (unpaired) electrons. The van der Waals surface area contributed by atoms with E-state index in [1.807, 2.05) is 0 Å². The Morgan fingerprint density at radius 1 is 1.29 bits per heavy atom. The highest BCUT2D eigenvalue weighted by molar-refractivity contribution is 7.92. The second-order valence-electron chi connectivity index (χ2n) is 4.61. The van der Waals surface area contributed by atoms with E-state index in [1.54, 1.807) is 0 Å². The van der Waals surface area contributed by atoms with Crippen LogP contribution in [0.5, 0.6) is 5.88 Å². The van der Waals surface area contributed by atoms with Crippen LogP contribution in [-0.4, -0.2) is 25.0 Å². The van der Waals surface area contributed by atoms with E-state index in [1.165, 1.54) is 6.07 Å². The SMILES string of the molecule is N#Cc1nc(OC(F)(F)F)ccc1S(=O)(=O)C1CCCC1. The van der Waals surface area contributed by atoms with Crippen LogP contribution in [0.4, 0.5) is 13.2 Å². The van der Waals surface area contributed by atoms with Crippen LogP contribution < -0.4 is 4.74 Å². The third-order valence-electron chi connectivity index (χ3n) is 3.21. The highest BCUT2D eigenvalue weighted by Crippen LogP contribution is 2.32. The van der Waals surface area contributed by atoms with E-state index in [0.29, 0.717) is 12.8 Å². The molecule has 0 aliphatic heterocycles. The number of hydrogen-bond donors (Lipinski definition) is 0. The van der Waals surface area contributed by atoms with Gasteiger partial charge in [-0.15, -0.1) is 13.2 Å². The summed E-state index contributed by atoms with van der Waals surface area (Å²) in [7, 11) is -3.76. The third-order valence-corrected chi connectivity index (χ3v) is 5.50. The Labute approximate surface area is 119 Å². The lowest BCUT2D eigenvalue weighted by Crippen LogP contribution is -2.21. The van der Waals surface area contributed by atoms with Gasteiger partial charge in [0, 0.05) is 6.07 Å². The van der Waals surface area contributed by atoms with E-state index in [0.717, 1.165) is 25.0 Å². The summed E-state index contributed by atoms with van der Waals surface area (Å²) in [5.74, 6) is -0.857. The van der Waals surface area contributed by atoms with E-state index in [4.69, 9.17) is 5.26 Å². The standard InChI is InChI=1S/C12H11F3N2O3S/c13-12(14,15)20-11-6-5-10(9(7-16)17-11)21(18,19)8-3-1-2-4-8/h5-6,8H,1-4H2. The predicted octanol–water partition coefficient (Wildman–Crippen LogP) is 2.57. The van der Waals surface area contributed by atoms with Gasteiger partial charge in [0.15, 0.2) is 15.5 Å². The second kappa shape index (κ2) is 5.52. The van der Waals surface area contributed by atoms with E-state index in [2.05, 4.69) is 9.72 Å². The molecule has 1 aromatic heterocycles. The molecule has 0 spiro atoms. The number of hydrogen-bond acceptors (Lipinski definition) is 5. The minimum atomic E-state index is -4.95. The summed E-state index contributed by atoms with van der Waals surface area (Å²) in [5.41, 5.74) is -0.580. The summed E-state index contributed by atoms with van der Waals surface area (Å²) >= 11 is 0. The van der Waals surface area contributed by atoms with Crippen LogP contribution in [0, 0.1) is 11.3 Å². The number of halogens is 3.